The first-order chi connectivity index (χ1) is 7.45. The summed E-state index contributed by atoms with van der Waals surface area (Å²) < 4.78 is 42.5. The van der Waals surface area contributed by atoms with E-state index in [0.29, 0.717) is 0 Å². The van der Waals surface area contributed by atoms with Crippen molar-refractivity contribution in [3.05, 3.63) is 28.8 Å². The molecule has 0 unspecified atom stereocenters. The molecule has 0 aliphatic carbocycles. The number of pyridine rings is 1. The van der Waals surface area contributed by atoms with Crippen LogP contribution in [0.25, 0.3) is 0 Å². The van der Waals surface area contributed by atoms with Gasteiger partial charge in [0.25, 0.3) is 6.43 Å². The Morgan fingerprint density at radius 2 is 2.19 bits per heavy atom. The number of ether oxygens (including phenoxy) is 1. The standard InChI is InChI=1S/C10H10F3NO2/c1-5-3-6(9(11)12)7(14-10(5)13)4-8(15)16-2/h3,9H,4H2,1-2H3. The fourth-order valence-electron chi connectivity index (χ4n) is 1.19. The molecule has 0 saturated heterocycles. The van der Waals surface area contributed by atoms with Crippen LogP contribution in [0.3, 0.4) is 0 Å². The number of esters is 1. The van der Waals surface area contributed by atoms with Crippen LogP contribution in [0.2, 0.25) is 0 Å². The highest BCUT2D eigenvalue weighted by Crippen LogP contribution is 2.24. The molecule has 0 aromatic carbocycles. The van der Waals surface area contributed by atoms with E-state index in [1.54, 1.807) is 0 Å². The molecular weight excluding hydrogens is 223 g/mol. The lowest BCUT2D eigenvalue weighted by Gasteiger charge is -2.08. The van der Waals surface area contributed by atoms with Gasteiger partial charge in [-0.05, 0) is 13.0 Å². The van der Waals surface area contributed by atoms with Crippen LogP contribution in [-0.4, -0.2) is 18.1 Å². The van der Waals surface area contributed by atoms with Crippen molar-refractivity contribution in [3.63, 3.8) is 0 Å². The fourth-order valence-corrected chi connectivity index (χ4v) is 1.19. The highest BCUT2D eigenvalue weighted by atomic mass is 19.3. The molecule has 1 aromatic rings. The fraction of sp³-hybridized carbons (Fsp3) is 0.400. The quantitative estimate of drug-likeness (QED) is 0.593. The number of carbonyl (C=O) groups excluding carboxylic acids is 1. The lowest BCUT2D eigenvalue weighted by Crippen LogP contribution is -2.11. The van der Waals surface area contributed by atoms with Crippen LogP contribution in [0.4, 0.5) is 13.2 Å². The molecule has 0 fully saturated rings. The minimum absolute atomic E-state index is 0.0175. The lowest BCUT2D eigenvalue weighted by atomic mass is 10.1. The summed E-state index contributed by atoms with van der Waals surface area (Å²) in [6.45, 7) is 1.33. The first-order valence-electron chi connectivity index (χ1n) is 4.46. The van der Waals surface area contributed by atoms with Gasteiger partial charge in [-0.2, -0.15) is 4.39 Å². The predicted molar refractivity (Wildman–Crippen MR) is 49.6 cm³/mol. The molecule has 1 rings (SSSR count). The minimum Gasteiger partial charge on any atom is -0.469 e. The molecule has 3 nitrogen and oxygen atoms in total. The van der Waals surface area contributed by atoms with E-state index >= 15 is 0 Å². The van der Waals surface area contributed by atoms with Crippen molar-refractivity contribution >= 4 is 5.97 Å². The largest absolute Gasteiger partial charge is 0.469 e. The summed E-state index contributed by atoms with van der Waals surface area (Å²) >= 11 is 0. The number of hydrogen-bond acceptors (Lipinski definition) is 3. The van der Waals surface area contributed by atoms with Crippen molar-refractivity contribution in [1.29, 1.82) is 0 Å². The van der Waals surface area contributed by atoms with Gasteiger partial charge < -0.3 is 4.74 Å². The van der Waals surface area contributed by atoms with Crippen LogP contribution in [0.5, 0.6) is 0 Å². The number of nitrogens with zero attached hydrogens (tertiary/aromatic N) is 1. The Balaban J connectivity index is 3.14. The second kappa shape index (κ2) is 4.96. The van der Waals surface area contributed by atoms with Gasteiger partial charge in [-0.1, -0.05) is 0 Å². The molecule has 0 radical (unpaired) electrons. The van der Waals surface area contributed by atoms with E-state index in [1.165, 1.54) is 6.92 Å². The number of alkyl halides is 2. The lowest BCUT2D eigenvalue weighted by molar-refractivity contribution is -0.139. The zero-order valence-electron chi connectivity index (χ0n) is 8.76. The van der Waals surface area contributed by atoms with E-state index in [4.69, 9.17) is 0 Å². The van der Waals surface area contributed by atoms with Gasteiger partial charge in [0.2, 0.25) is 5.95 Å². The van der Waals surface area contributed by atoms with Crippen LogP contribution < -0.4 is 0 Å². The molecule has 16 heavy (non-hydrogen) atoms. The Labute approximate surface area is 90.2 Å². The van der Waals surface area contributed by atoms with Crippen LogP contribution in [0.15, 0.2) is 6.07 Å². The molecule has 0 amide bonds. The topological polar surface area (TPSA) is 39.2 Å². The van der Waals surface area contributed by atoms with Crippen molar-refractivity contribution in [1.82, 2.24) is 4.98 Å². The van der Waals surface area contributed by atoms with Crippen LogP contribution >= 0.6 is 0 Å². The molecule has 6 heteroatoms. The number of methoxy groups -OCH3 is 1. The predicted octanol–water partition coefficient (Wildman–Crippen LogP) is 2.18. The maximum atomic E-state index is 13.1. The van der Waals surface area contributed by atoms with Gasteiger partial charge in [0.05, 0.1) is 19.2 Å². The number of aryl methyl sites for hydroxylation is 1. The summed E-state index contributed by atoms with van der Waals surface area (Å²) in [5, 5.41) is 0. The summed E-state index contributed by atoms with van der Waals surface area (Å²) in [7, 11) is 1.12. The third-order valence-corrected chi connectivity index (χ3v) is 2.04. The van der Waals surface area contributed by atoms with E-state index in [-0.39, 0.29) is 11.3 Å². The highest BCUT2D eigenvalue weighted by molar-refractivity contribution is 5.72. The molecule has 88 valence electrons. The molecule has 0 aliphatic heterocycles. The van der Waals surface area contributed by atoms with Gasteiger partial charge in [-0.25, -0.2) is 13.8 Å². The maximum Gasteiger partial charge on any atom is 0.311 e. The zero-order valence-corrected chi connectivity index (χ0v) is 8.76. The van der Waals surface area contributed by atoms with Crippen molar-refractivity contribution in [2.75, 3.05) is 7.11 Å². The average Bonchev–Trinajstić information content (AvgIpc) is 2.22. The molecule has 0 N–H and O–H groups in total. The van der Waals surface area contributed by atoms with E-state index in [2.05, 4.69) is 9.72 Å². The number of hydrogen-bond donors (Lipinski definition) is 0. The molecule has 0 spiro atoms. The van der Waals surface area contributed by atoms with Gasteiger partial charge in [0.1, 0.15) is 0 Å². The molecular formula is C10H10F3NO2. The summed E-state index contributed by atoms with van der Waals surface area (Å²) in [6.07, 6.45) is -3.26. The number of rotatable bonds is 3. The number of halogens is 3. The van der Waals surface area contributed by atoms with Gasteiger partial charge in [-0.3, -0.25) is 4.79 Å². The molecule has 1 heterocycles. The van der Waals surface area contributed by atoms with E-state index in [0.717, 1.165) is 13.2 Å². The Hall–Kier alpha value is -1.59. The van der Waals surface area contributed by atoms with E-state index in [1.807, 2.05) is 0 Å². The van der Waals surface area contributed by atoms with Crippen molar-refractivity contribution < 1.29 is 22.7 Å². The van der Waals surface area contributed by atoms with E-state index in [9.17, 15) is 18.0 Å². The molecule has 0 aliphatic rings. The second-order valence-electron chi connectivity index (χ2n) is 3.19. The Morgan fingerprint density at radius 1 is 1.56 bits per heavy atom. The van der Waals surface area contributed by atoms with Gasteiger partial charge in [-0.15, -0.1) is 0 Å². The van der Waals surface area contributed by atoms with Crippen molar-refractivity contribution in [2.45, 2.75) is 19.8 Å². The first kappa shape index (κ1) is 12.5. The SMILES string of the molecule is COC(=O)Cc1nc(F)c(C)cc1C(F)F. The van der Waals surface area contributed by atoms with Crippen LogP contribution in [0, 0.1) is 12.9 Å². The number of carbonyl (C=O) groups is 1. The van der Waals surface area contributed by atoms with Crippen molar-refractivity contribution in [2.24, 2.45) is 0 Å². The Morgan fingerprint density at radius 3 is 2.69 bits per heavy atom. The van der Waals surface area contributed by atoms with Crippen molar-refractivity contribution in [3.8, 4) is 0 Å². The monoisotopic (exact) mass is 233 g/mol. The third-order valence-electron chi connectivity index (χ3n) is 2.04. The van der Waals surface area contributed by atoms with E-state index < -0.39 is 30.3 Å². The van der Waals surface area contributed by atoms with Gasteiger partial charge in [0.15, 0.2) is 0 Å². The van der Waals surface area contributed by atoms with Gasteiger partial charge in [0, 0.05) is 11.1 Å². The van der Waals surface area contributed by atoms with Crippen LogP contribution in [-0.2, 0) is 16.0 Å². The molecule has 0 bridgehead atoms. The maximum absolute atomic E-state index is 13.1. The average molecular weight is 233 g/mol. The minimum atomic E-state index is -2.80. The van der Waals surface area contributed by atoms with Crippen LogP contribution in [0.1, 0.15) is 23.2 Å². The first-order valence-corrected chi connectivity index (χ1v) is 4.46. The summed E-state index contributed by atoms with van der Waals surface area (Å²) in [4.78, 5) is 14.3. The Kier molecular flexibility index (Phi) is 3.87. The molecule has 0 atom stereocenters. The highest BCUT2D eigenvalue weighted by Gasteiger charge is 2.19. The number of aromatic nitrogens is 1. The molecule has 1 aromatic heterocycles. The van der Waals surface area contributed by atoms with Gasteiger partial charge >= 0.3 is 5.97 Å². The second-order valence-corrected chi connectivity index (χ2v) is 3.19. The summed E-state index contributed by atoms with van der Waals surface area (Å²) in [5.74, 6) is -1.60. The third kappa shape index (κ3) is 2.71. The smallest absolute Gasteiger partial charge is 0.311 e. The summed E-state index contributed by atoms with van der Waals surface area (Å²) in [5.41, 5.74) is -0.710. The zero-order chi connectivity index (χ0) is 12.3. The normalized spacial score (nSPS) is 10.6. The summed E-state index contributed by atoms with van der Waals surface area (Å²) in [6, 6.07) is 0.991. The molecule has 0 saturated carbocycles. The Bertz CT molecular complexity index is 407.